The van der Waals surface area contributed by atoms with Crippen LogP contribution in [0.25, 0.3) is 0 Å². The van der Waals surface area contributed by atoms with Crippen molar-refractivity contribution in [3.05, 3.63) is 0 Å². The predicted octanol–water partition coefficient (Wildman–Crippen LogP) is 5.08. The van der Waals surface area contributed by atoms with Crippen molar-refractivity contribution in [2.45, 2.75) is 57.5 Å². The third kappa shape index (κ3) is 6.41. The highest BCUT2D eigenvalue weighted by Crippen LogP contribution is 2.37. The van der Waals surface area contributed by atoms with E-state index >= 15 is 0 Å². The monoisotopic (exact) mass is 330 g/mol. The fourth-order valence-electron chi connectivity index (χ4n) is 2.46. The zero-order valence-electron chi connectivity index (χ0n) is 10.7. The summed E-state index contributed by atoms with van der Waals surface area (Å²) in [6.07, 6.45) is 2.46. The van der Waals surface area contributed by atoms with E-state index in [-0.39, 0.29) is 18.4 Å². The number of hydrogen-bond acceptors (Lipinski definition) is 1. The zero-order chi connectivity index (χ0) is 13.5. The molecule has 0 atom stereocenters. The first-order chi connectivity index (χ1) is 8.47. The minimum atomic E-state index is -4.06. The predicted molar refractivity (Wildman–Crippen MR) is 70.0 cm³/mol. The molecule has 0 radical (unpaired) electrons. The highest BCUT2D eigenvalue weighted by Gasteiger charge is 2.30. The van der Waals surface area contributed by atoms with Gasteiger partial charge in [-0.05, 0) is 19.3 Å². The number of ether oxygens (including phenoxy) is 1. The van der Waals surface area contributed by atoms with Gasteiger partial charge in [0.25, 0.3) is 0 Å². The molecule has 0 saturated heterocycles. The summed E-state index contributed by atoms with van der Waals surface area (Å²) in [4.78, 5) is 0. The Morgan fingerprint density at radius 1 is 1.06 bits per heavy atom. The number of hydrogen-bond donors (Lipinski definition) is 0. The van der Waals surface area contributed by atoms with E-state index in [1.807, 2.05) is 0 Å². The van der Waals surface area contributed by atoms with Gasteiger partial charge in [0.2, 0.25) is 0 Å². The quantitative estimate of drug-likeness (QED) is 0.375. The van der Waals surface area contributed by atoms with Crippen molar-refractivity contribution in [1.29, 1.82) is 0 Å². The van der Waals surface area contributed by atoms with Gasteiger partial charge in [0.15, 0.2) is 0 Å². The van der Waals surface area contributed by atoms with E-state index in [1.165, 1.54) is 25.7 Å². The lowest BCUT2D eigenvalue weighted by Gasteiger charge is -2.30. The molecule has 1 aliphatic rings. The van der Waals surface area contributed by atoms with Crippen LogP contribution in [0.15, 0.2) is 0 Å². The van der Waals surface area contributed by atoms with Crippen molar-refractivity contribution < 1.29 is 17.9 Å². The fourth-order valence-corrected chi connectivity index (χ4v) is 3.18. The van der Waals surface area contributed by atoms with Crippen molar-refractivity contribution in [3.8, 4) is 0 Å². The topological polar surface area (TPSA) is 9.23 Å². The van der Waals surface area contributed by atoms with Crippen LogP contribution in [-0.4, -0.2) is 24.7 Å². The van der Waals surface area contributed by atoms with E-state index in [2.05, 4.69) is 15.9 Å². The summed E-state index contributed by atoms with van der Waals surface area (Å²) >= 11 is 3.54. The van der Waals surface area contributed by atoms with Crippen LogP contribution < -0.4 is 0 Å². The maximum absolute atomic E-state index is 12.0. The van der Waals surface area contributed by atoms with Gasteiger partial charge >= 0.3 is 6.18 Å². The van der Waals surface area contributed by atoms with Crippen molar-refractivity contribution in [3.63, 3.8) is 0 Å². The van der Waals surface area contributed by atoms with Gasteiger partial charge < -0.3 is 4.74 Å². The Hall–Kier alpha value is 0.230. The highest BCUT2D eigenvalue weighted by molar-refractivity contribution is 9.09. The minimum Gasteiger partial charge on any atom is -0.381 e. The lowest BCUT2D eigenvalue weighted by molar-refractivity contribution is -0.138. The van der Waals surface area contributed by atoms with E-state index in [0.717, 1.165) is 18.2 Å². The number of alkyl halides is 4. The van der Waals surface area contributed by atoms with Crippen LogP contribution in [0.5, 0.6) is 0 Å². The van der Waals surface area contributed by atoms with Crippen LogP contribution >= 0.6 is 15.9 Å². The maximum atomic E-state index is 12.0. The van der Waals surface area contributed by atoms with Gasteiger partial charge in [0.05, 0.1) is 6.61 Å². The van der Waals surface area contributed by atoms with Crippen LogP contribution in [0.3, 0.4) is 0 Å². The van der Waals surface area contributed by atoms with Gasteiger partial charge in [-0.3, -0.25) is 0 Å². The Labute approximate surface area is 116 Å². The molecule has 5 heteroatoms. The normalized spacial score (nSPS) is 20.7. The first kappa shape index (κ1) is 16.3. The molecule has 0 bridgehead atoms. The van der Waals surface area contributed by atoms with Gasteiger partial charge in [-0.1, -0.05) is 41.6 Å². The molecule has 0 unspecified atom stereocenters. The smallest absolute Gasteiger partial charge is 0.381 e. The summed E-state index contributed by atoms with van der Waals surface area (Å²) in [6, 6.07) is 0. The second-order valence-corrected chi connectivity index (χ2v) is 5.88. The van der Waals surface area contributed by atoms with Gasteiger partial charge in [-0.25, -0.2) is 0 Å². The first-order valence-corrected chi connectivity index (χ1v) is 7.80. The summed E-state index contributed by atoms with van der Waals surface area (Å²) in [5, 5.41) is 0.888. The molecular weight excluding hydrogens is 309 g/mol. The zero-order valence-corrected chi connectivity index (χ0v) is 12.3. The Morgan fingerprint density at radius 3 is 2.17 bits per heavy atom. The van der Waals surface area contributed by atoms with E-state index in [4.69, 9.17) is 4.74 Å². The standard InChI is InChI=1S/C13H22BrF3O/c14-10-12(6-3-1-2-4-7-12)11-18-9-5-8-13(15,16)17/h1-11H2. The second-order valence-electron chi connectivity index (χ2n) is 5.32. The molecule has 1 aliphatic carbocycles. The Balaban J connectivity index is 2.22. The van der Waals surface area contributed by atoms with Crippen LogP contribution in [0.2, 0.25) is 0 Å². The van der Waals surface area contributed by atoms with E-state index in [9.17, 15) is 13.2 Å². The minimum absolute atomic E-state index is 0.0713. The van der Waals surface area contributed by atoms with E-state index in [0.29, 0.717) is 6.61 Å². The Bertz CT molecular complexity index is 223. The molecule has 1 rings (SSSR count). The van der Waals surface area contributed by atoms with Gasteiger partial charge in [-0.15, -0.1) is 0 Å². The molecule has 1 nitrogen and oxygen atoms in total. The van der Waals surface area contributed by atoms with Gasteiger partial charge in [-0.2, -0.15) is 13.2 Å². The molecule has 18 heavy (non-hydrogen) atoms. The SMILES string of the molecule is FC(F)(F)CCCOCC1(CBr)CCCCCC1. The molecular formula is C13H22BrF3O. The third-order valence-electron chi connectivity index (χ3n) is 3.60. The number of halogens is 4. The Morgan fingerprint density at radius 2 is 1.67 bits per heavy atom. The first-order valence-electron chi connectivity index (χ1n) is 6.68. The largest absolute Gasteiger partial charge is 0.389 e. The maximum Gasteiger partial charge on any atom is 0.389 e. The van der Waals surface area contributed by atoms with Crippen molar-refractivity contribution in [2.24, 2.45) is 5.41 Å². The molecule has 0 aromatic rings. The lowest BCUT2D eigenvalue weighted by atomic mass is 9.83. The average molecular weight is 331 g/mol. The van der Waals surface area contributed by atoms with Crippen LogP contribution in [-0.2, 0) is 4.74 Å². The number of rotatable bonds is 6. The summed E-state index contributed by atoms with van der Waals surface area (Å²) in [7, 11) is 0. The van der Waals surface area contributed by atoms with Crippen LogP contribution in [0.1, 0.15) is 51.4 Å². The molecule has 0 aliphatic heterocycles. The summed E-state index contributed by atoms with van der Waals surface area (Å²) < 4.78 is 41.4. The summed E-state index contributed by atoms with van der Waals surface area (Å²) in [6.45, 7) is 0.810. The fraction of sp³-hybridized carbons (Fsp3) is 1.00. The molecule has 0 amide bonds. The third-order valence-corrected chi connectivity index (χ3v) is 4.79. The molecule has 0 aromatic heterocycles. The molecule has 0 spiro atoms. The van der Waals surface area contributed by atoms with Crippen molar-refractivity contribution >= 4 is 15.9 Å². The van der Waals surface area contributed by atoms with Crippen molar-refractivity contribution in [2.75, 3.05) is 18.5 Å². The van der Waals surface area contributed by atoms with Gasteiger partial charge in [0.1, 0.15) is 0 Å². The lowest BCUT2D eigenvalue weighted by Crippen LogP contribution is -2.28. The van der Waals surface area contributed by atoms with Crippen LogP contribution in [0.4, 0.5) is 13.2 Å². The summed E-state index contributed by atoms with van der Waals surface area (Å²) in [5.74, 6) is 0. The van der Waals surface area contributed by atoms with E-state index in [1.54, 1.807) is 0 Å². The Kier molecular flexibility index (Phi) is 6.99. The molecule has 0 N–H and O–H groups in total. The average Bonchev–Trinajstić information content (AvgIpc) is 2.53. The van der Waals surface area contributed by atoms with Gasteiger partial charge in [0, 0.05) is 23.8 Å². The second kappa shape index (κ2) is 7.73. The highest BCUT2D eigenvalue weighted by atomic mass is 79.9. The van der Waals surface area contributed by atoms with Crippen molar-refractivity contribution in [1.82, 2.24) is 0 Å². The van der Waals surface area contributed by atoms with Crippen LogP contribution in [0, 0.1) is 5.41 Å². The molecule has 1 fully saturated rings. The molecule has 0 heterocycles. The van der Waals surface area contributed by atoms with E-state index < -0.39 is 12.6 Å². The molecule has 0 aromatic carbocycles. The molecule has 1 saturated carbocycles. The summed E-state index contributed by atoms with van der Waals surface area (Å²) in [5.41, 5.74) is 0.148. The molecule has 108 valence electrons.